The molecule has 1 aromatic heterocycles. The fraction of sp³-hybridized carbons (Fsp3) is 0.375. The molecule has 0 bridgehead atoms. The van der Waals surface area contributed by atoms with E-state index in [9.17, 15) is 9.59 Å². The van der Waals surface area contributed by atoms with Gasteiger partial charge in [0.15, 0.2) is 0 Å². The predicted molar refractivity (Wildman–Crippen MR) is 84.1 cm³/mol. The molecule has 0 unspecified atom stereocenters. The highest BCUT2D eigenvalue weighted by Gasteiger charge is 2.29. The minimum absolute atomic E-state index is 0.111. The summed E-state index contributed by atoms with van der Waals surface area (Å²) in [6.07, 6.45) is 4.50. The van der Waals surface area contributed by atoms with Gasteiger partial charge in [-0.05, 0) is 30.7 Å². The van der Waals surface area contributed by atoms with Crippen molar-refractivity contribution in [3.05, 3.63) is 42.5 Å². The van der Waals surface area contributed by atoms with Crippen LogP contribution in [0.3, 0.4) is 0 Å². The summed E-state index contributed by atoms with van der Waals surface area (Å²) < 4.78 is 1.76. The summed E-state index contributed by atoms with van der Waals surface area (Å²) in [5.74, 6) is -0.0449. The highest BCUT2D eigenvalue weighted by atomic mass is 16.2. The van der Waals surface area contributed by atoms with Crippen LogP contribution in [-0.2, 0) is 4.79 Å². The van der Waals surface area contributed by atoms with Crippen LogP contribution in [-0.4, -0.2) is 50.6 Å². The van der Waals surface area contributed by atoms with Gasteiger partial charge in [0.2, 0.25) is 5.91 Å². The van der Waals surface area contributed by atoms with Crippen LogP contribution >= 0.6 is 0 Å². The molecule has 1 saturated heterocycles. The van der Waals surface area contributed by atoms with Crippen molar-refractivity contribution >= 4 is 11.8 Å². The number of carbonyl (C=O) groups is 2. The van der Waals surface area contributed by atoms with Crippen LogP contribution in [0.15, 0.2) is 36.9 Å². The van der Waals surface area contributed by atoms with Crippen LogP contribution in [0.25, 0.3) is 5.69 Å². The molecule has 1 aliphatic heterocycles. The molecule has 2 aromatic rings. The fourth-order valence-electron chi connectivity index (χ4n) is 2.74. The number of amides is 2. The maximum absolute atomic E-state index is 12.3. The summed E-state index contributed by atoms with van der Waals surface area (Å²) in [5.41, 5.74) is 1.46. The Morgan fingerprint density at radius 3 is 2.61 bits per heavy atom. The van der Waals surface area contributed by atoms with E-state index in [4.69, 9.17) is 0 Å². The second-order valence-corrected chi connectivity index (χ2v) is 5.63. The number of nitrogens with zero attached hydrogens (tertiary/aromatic N) is 4. The topological polar surface area (TPSA) is 80.1 Å². The van der Waals surface area contributed by atoms with E-state index < -0.39 is 0 Å². The first-order valence-electron chi connectivity index (χ1n) is 7.71. The van der Waals surface area contributed by atoms with Crippen molar-refractivity contribution in [3.8, 4) is 5.69 Å². The van der Waals surface area contributed by atoms with E-state index in [1.807, 2.05) is 19.1 Å². The Hall–Kier alpha value is -2.70. The average molecular weight is 313 g/mol. The van der Waals surface area contributed by atoms with E-state index in [0.717, 1.165) is 18.7 Å². The average Bonchev–Trinajstić information content (AvgIpc) is 3.19. The molecule has 1 atom stereocenters. The van der Waals surface area contributed by atoms with Crippen LogP contribution in [0.4, 0.5) is 0 Å². The Kier molecular flexibility index (Phi) is 4.36. The Labute approximate surface area is 134 Å². The molecule has 2 heterocycles. The molecule has 120 valence electrons. The molecule has 23 heavy (non-hydrogen) atoms. The van der Waals surface area contributed by atoms with E-state index in [0.29, 0.717) is 18.5 Å². The molecule has 2 amide bonds. The largest absolute Gasteiger partial charge is 0.347 e. The Morgan fingerprint density at radius 2 is 1.96 bits per heavy atom. The number of benzene rings is 1. The molecule has 0 aliphatic carbocycles. The minimum Gasteiger partial charge on any atom is -0.347 e. The summed E-state index contributed by atoms with van der Waals surface area (Å²) in [5, 5.41) is 10.4. The quantitative estimate of drug-likeness (QED) is 0.893. The van der Waals surface area contributed by atoms with Crippen molar-refractivity contribution in [1.82, 2.24) is 25.0 Å². The normalized spacial score (nSPS) is 17.5. The molecule has 0 radical (unpaired) electrons. The van der Waals surface area contributed by atoms with Crippen LogP contribution in [0.1, 0.15) is 30.1 Å². The molecule has 0 spiro atoms. The molecule has 1 fully saturated rings. The van der Waals surface area contributed by atoms with Crippen molar-refractivity contribution in [2.75, 3.05) is 13.1 Å². The first-order valence-corrected chi connectivity index (χ1v) is 7.71. The third kappa shape index (κ3) is 3.39. The van der Waals surface area contributed by atoms with Crippen molar-refractivity contribution in [3.63, 3.8) is 0 Å². The summed E-state index contributed by atoms with van der Waals surface area (Å²) in [7, 11) is 0. The van der Waals surface area contributed by atoms with Crippen LogP contribution in [0.2, 0.25) is 0 Å². The lowest BCUT2D eigenvalue weighted by molar-refractivity contribution is -0.127. The maximum atomic E-state index is 12.3. The van der Waals surface area contributed by atoms with Crippen molar-refractivity contribution < 1.29 is 9.59 Å². The lowest BCUT2D eigenvalue weighted by Crippen LogP contribution is -2.37. The van der Waals surface area contributed by atoms with Gasteiger partial charge in [-0.3, -0.25) is 14.2 Å². The molecule has 7 heteroatoms. The minimum atomic E-state index is -0.156. The lowest BCUT2D eigenvalue weighted by atomic mass is 10.1. The molecule has 1 aromatic carbocycles. The number of hydrogen-bond acceptors (Lipinski definition) is 4. The molecule has 1 aliphatic rings. The van der Waals surface area contributed by atoms with Crippen LogP contribution < -0.4 is 5.32 Å². The zero-order valence-electron chi connectivity index (χ0n) is 13.0. The zero-order valence-corrected chi connectivity index (χ0v) is 13.0. The molecular formula is C16H19N5O2. The first-order chi connectivity index (χ1) is 11.2. The summed E-state index contributed by atoms with van der Waals surface area (Å²) in [6.45, 7) is 3.38. The van der Waals surface area contributed by atoms with E-state index in [-0.39, 0.29) is 17.9 Å². The lowest BCUT2D eigenvalue weighted by Gasteiger charge is -2.16. The first kappa shape index (κ1) is 15.2. The fourth-order valence-corrected chi connectivity index (χ4v) is 2.74. The monoisotopic (exact) mass is 313 g/mol. The van der Waals surface area contributed by atoms with Gasteiger partial charge >= 0.3 is 0 Å². The summed E-state index contributed by atoms with van der Waals surface area (Å²) in [4.78, 5) is 25.9. The third-order valence-electron chi connectivity index (χ3n) is 3.89. The number of hydrogen-bond donors (Lipinski definition) is 1. The van der Waals surface area contributed by atoms with Gasteiger partial charge in [-0.2, -0.15) is 0 Å². The number of nitrogens with one attached hydrogen (secondary N) is 1. The van der Waals surface area contributed by atoms with Gasteiger partial charge in [-0.25, -0.2) is 0 Å². The molecule has 7 nitrogen and oxygen atoms in total. The second-order valence-electron chi connectivity index (χ2n) is 5.63. The van der Waals surface area contributed by atoms with Gasteiger partial charge in [-0.1, -0.05) is 6.92 Å². The van der Waals surface area contributed by atoms with E-state index in [2.05, 4.69) is 15.5 Å². The Bertz CT molecular complexity index is 681. The Balaban J connectivity index is 1.62. The highest BCUT2D eigenvalue weighted by molar-refractivity contribution is 5.95. The summed E-state index contributed by atoms with van der Waals surface area (Å²) >= 11 is 0. The Morgan fingerprint density at radius 1 is 1.26 bits per heavy atom. The molecule has 1 N–H and O–H groups in total. The van der Waals surface area contributed by atoms with Gasteiger partial charge in [0.05, 0.1) is 6.04 Å². The highest BCUT2D eigenvalue weighted by Crippen LogP contribution is 2.13. The molecular weight excluding hydrogens is 294 g/mol. The molecule has 3 rings (SSSR count). The van der Waals surface area contributed by atoms with Gasteiger partial charge in [-0.15, -0.1) is 10.2 Å². The van der Waals surface area contributed by atoms with Crippen molar-refractivity contribution in [2.45, 2.75) is 25.8 Å². The van der Waals surface area contributed by atoms with Crippen LogP contribution in [0, 0.1) is 0 Å². The van der Waals surface area contributed by atoms with E-state index in [1.54, 1.807) is 34.3 Å². The number of carbonyl (C=O) groups excluding carboxylic acids is 2. The van der Waals surface area contributed by atoms with Gasteiger partial charge in [0.25, 0.3) is 5.91 Å². The van der Waals surface area contributed by atoms with E-state index >= 15 is 0 Å². The molecule has 0 saturated carbocycles. The predicted octanol–water partition coefficient (Wildman–Crippen LogP) is 1.01. The standard InChI is InChI=1S/C16H19N5O2/c1-2-7-20-9-13(8-15(20)22)19-16(23)12-3-5-14(6-4-12)21-10-17-18-11-21/h3-6,10-11,13H,2,7-9H2,1H3,(H,19,23)/t13-/m1/s1. The van der Waals surface area contributed by atoms with Gasteiger partial charge < -0.3 is 10.2 Å². The van der Waals surface area contributed by atoms with Crippen LogP contribution in [0.5, 0.6) is 0 Å². The zero-order chi connectivity index (χ0) is 16.2. The van der Waals surface area contributed by atoms with Crippen molar-refractivity contribution in [1.29, 1.82) is 0 Å². The third-order valence-corrected chi connectivity index (χ3v) is 3.89. The van der Waals surface area contributed by atoms with E-state index in [1.165, 1.54) is 0 Å². The van der Waals surface area contributed by atoms with Crippen molar-refractivity contribution in [2.24, 2.45) is 0 Å². The number of rotatable bonds is 5. The summed E-state index contributed by atoms with van der Waals surface area (Å²) in [6, 6.07) is 7.07. The second kappa shape index (κ2) is 6.60. The SMILES string of the molecule is CCCN1C[C@H](NC(=O)c2ccc(-n3cnnc3)cc2)CC1=O. The number of aromatic nitrogens is 3. The number of likely N-dealkylation sites (tertiary alicyclic amines) is 1. The smallest absolute Gasteiger partial charge is 0.251 e. The maximum Gasteiger partial charge on any atom is 0.251 e. The van der Waals surface area contributed by atoms with Gasteiger partial charge in [0.1, 0.15) is 12.7 Å². The van der Waals surface area contributed by atoms with Gasteiger partial charge in [0, 0.05) is 30.8 Å².